The van der Waals surface area contributed by atoms with Gasteiger partial charge in [-0.2, -0.15) is 0 Å². The van der Waals surface area contributed by atoms with Crippen LogP contribution in [0.15, 0.2) is 30.9 Å². The molecule has 4 nitrogen and oxygen atoms in total. The first-order valence-corrected chi connectivity index (χ1v) is 8.84. The summed E-state index contributed by atoms with van der Waals surface area (Å²) in [6.07, 6.45) is 5.67. The molecule has 0 bridgehead atoms. The Morgan fingerprint density at radius 3 is 2.38 bits per heavy atom. The summed E-state index contributed by atoms with van der Waals surface area (Å²) in [5.74, 6) is 0.196. The van der Waals surface area contributed by atoms with Gasteiger partial charge in [0.15, 0.2) is 0 Å². The fraction of sp³-hybridized carbons (Fsp3) is 0.500. The molecule has 1 aliphatic rings. The number of anilines is 1. The Kier molecular flexibility index (Phi) is 6.59. The maximum absolute atomic E-state index is 12.6. The van der Waals surface area contributed by atoms with Crippen molar-refractivity contribution in [3.05, 3.63) is 42.0 Å². The summed E-state index contributed by atoms with van der Waals surface area (Å²) in [5.41, 5.74) is 3.22. The predicted octanol–water partition coefficient (Wildman–Crippen LogP) is 3.60. The Hall–Kier alpha value is -2.10. The molecule has 130 valence electrons. The summed E-state index contributed by atoms with van der Waals surface area (Å²) in [5, 5.41) is 5.98. The molecule has 2 rings (SSSR count). The Balaban J connectivity index is 1.92. The minimum Gasteiger partial charge on any atom is -0.352 e. The molecule has 0 heterocycles. The highest BCUT2D eigenvalue weighted by Gasteiger charge is 2.30. The van der Waals surface area contributed by atoms with E-state index in [-0.39, 0.29) is 23.7 Å². The van der Waals surface area contributed by atoms with Gasteiger partial charge < -0.3 is 10.6 Å². The van der Waals surface area contributed by atoms with E-state index >= 15 is 0 Å². The van der Waals surface area contributed by atoms with Crippen LogP contribution in [0.25, 0.3) is 0 Å². The number of carbonyl (C=O) groups is 2. The molecule has 0 unspecified atom stereocenters. The summed E-state index contributed by atoms with van der Waals surface area (Å²) in [7, 11) is 0. The van der Waals surface area contributed by atoms with Crippen molar-refractivity contribution >= 4 is 17.5 Å². The quantitative estimate of drug-likeness (QED) is 0.784. The maximum Gasteiger partial charge on any atom is 0.227 e. The molecule has 1 fully saturated rings. The van der Waals surface area contributed by atoms with E-state index in [1.807, 2.05) is 19.1 Å². The van der Waals surface area contributed by atoms with Gasteiger partial charge >= 0.3 is 0 Å². The number of rotatable bonds is 6. The molecule has 1 aliphatic carbocycles. The third kappa shape index (κ3) is 4.47. The SMILES string of the molecule is C=CCNC(=O)C1CCC(C(=O)Nc2c(C)cccc2CC)CC1. The van der Waals surface area contributed by atoms with E-state index in [9.17, 15) is 9.59 Å². The highest BCUT2D eigenvalue weighted by Crippen LogP contribution is 2.31. The second-order valence-electron chi connectivity index (χ2n) is 6.53. The van der Waals surface area contributed by atoms with Gasteiger partial charge in [-0.05, 0) is 50.2 Å². The van der Waals surface area contributed by atoms with Crippen molar-refractivity contribution in [2.24, 2.45) is 11.8 Å². The molecular formula is C20H28N2O2. The first-order chi connectivity index (χ1) is 11.6. The summed E-state index contributed by atoms with van der Waals surface area (Å²) in [4.78, 5) is 24.6. The number of benzene rings is 1. The van der Waals surface area contributed by atoms with E-state index < -0.39 is 0 Å². The zero-order valence-electron chi connectivity index (χ0n) is 14.7. The highest BCUT2D eigenvalue weighted by molar-refractivity contribution is 5.94. The molecule has 2 amide bonds. The van der Waals surface area contributed by atoms with E-state index in [1.165, 1.54) is 5.56 Å². The second-order valence-corrected chi connectivity index (χ2v) is 6.53. The highest BCUT2D eigenvalue weighted by atomic mass is 16.2. The van der Waals surface area contributed by atoms with Crippen molar-refractivity contribution < 1.29 is 9.59 Å². The molecule has 0 aliphatic heterocycles. The molecule has 0 saturated heterocycles. The number of hydrogen-bond donors (Lipinski definition) is 2. The van der Waals surface area contributed by atoms with Crippen LogP contribution in [-0.2, 0) is 16.0 Å². The van der Waals surface area contributed by atoms with Gasteiger partial charge in [-0.15, -0.1) is 6.58 Å². The number of carbonyl (C=O) groups excluding carboxylic acids is 2. The minimum absolute atomic E-state index is 0.00207. The summed E-state index contributed by atoms with van der Waals surface area (Å²) in [6, 6.07) is 6.11. The molecule has 2 N–H and O–H groups in total. The summed E-state index contributed by atoms with van der Waals surface area (Å²) < 4.78 is 0. The number of amides is 2. The van der Waals surface area contributed by atoms with Crippen molar-refractivity contribution in [2.75, 3.05) is 11.9 Å². The molecule has 0 aromatic heterocycles. The lowest BCUT2D eigenvalue weighted by atomic mass is 9.81. The van der Waals surface area contributed by atoms with Gasteiger partial charge in [-0.3, -0.25) is 9.59 Å². The molecular weight excluding hydrogens is 300 g/mol. The van der Waals surface area contributed by atoms with Crippen LogP contribution in [0.5, 0.6) is 0 Å². The molecule has 1 aromatic rings. The van der Waals surface area contributed by atoms with Gasteiger partial charge in [-0.1, -0.05) is 31.2 Å². The third-order valence-electron chi connectivity index (χ3n) is 4.88. The Bertz CT molecular complexity index is 602. The standard InChI is InChI=1S/C20H28N2O2/c1-4-13-21-19(23)16-9-11-17(12-10-16)20(24)22-18-14(3)7-6-8-15(18)5-2/h4,6-8,16-17H,1,5,9-13H2,2-3H3,(H,21,23)(H,22,24). The van der Waals surface area contributed by atoms with Crippen LogP contribution in [-0.4, -0.2) is 18.4 Å². The Labute approximate surface area is 144 Å². The van der Waals surface area contributed by atoms with Crippen molar-refractivity contribution in [2.45, 2.75) is 46.0 Å². The van der Waals surface area contributed by atoms with Crippen LogP contribution in [0, 0.1) is 18.8 Å². The smallest absolute Gasteiger partial charge is 0.227 e. The Morgan fingerprint density at radius 2 is 1.79 bits per heavy atom. The van der Waals surface area contributed by atoms with Gasteiger partial charge in [-0.25, -0.2) is 0 Å². The largest absolute Gasteiger partial charge is 0.352 e. The van der Waals surface area contributed by atoms with Crippen LogP contribution >= 0.6 is 0 Å². The first kappa shape index (κ1) is 18.2. The lowest BCUT2D eigenvalue weighted by Gasteiger charge is -2.27. The van der Waals surface area contributed by atoms with E-state index in [0.717, 1.165) is 43.4 Å². The van der Waals surface area contributed by atoms with Crippen molar-refractivity contribution in [3.63, 3.8) is 0 Å². The molecule has 0 spiro atoms. The molecule has 1 saturated carbocycles. The fourth-order valence-corrected chi connectivity index (χ4v) is 3.36. The van der Waals surface area contributed by atoms with E-state index in [2.05, 4.69) is 30.2 Å². The number of aryl methyl sites for hydroxylation is 2. The maximum atomic E-state index is 12.6. The number of hydrogen-bond acceptors (Lipinski definition) is 2. The van der Waals surface area contributed by atoms with Gasteiger partial charge in [0.2, 0.25) is 11.8 Å². The summed E-state index contributed by atoms with van der Waals surface area (Å²) in [6.45, 7) is 8.23. The van der Waals surface area contributed by atoms with E-state index in [4.69, 9.17) is 0 Å². The van der Waals surface area contributed by atoms with Crippen LogP contribution in [0.2, 0.25) is 0 Å². The van der Waals surface area contributed by atoms with Crippen LogP contribution < -0.4 is 10.6 Å². The average Bonchev–Trinajstić information content (AvgIpc) is 2.61. The third-order valence-corrected chi connectivity index (χ3v) is 4.88. The number of para-hydroxylation sites is 1. The van der Waals surface area contributed by atoms with Crippen molar-refractivity contribution in [1.82, 2.24) is 5.32 Å². The lowest BCUT2D eigenvalue weighted by molar-refractivity contribution is -0.128. The molecule has 0 atom stereocenters. The molecule has 4 heteroatoms. The first-order valence-electron chi connectivity index (χ1n) is 8.84. The van der Waals surface area contributed by atoms with E-state index in [0.29, 0.717) is 6.54 Å². The van der Waals surface area contributed by atoms with Crippen LogP contribution in [0.4, 0.5) is 5.69 Å². The normalized spacial score (nSPS) is 20.2. The van der Waals surface area contributed by atoms with Crippen molar-refractivity contribution in [1.29, 1.82) is 0 Å². The second kappa shape index (κ2) is 8.67. The average molecular weight is 328 g/mol. The van der Waals surface area contributed by atoms with Gasteiger partial charge in [0.25, 0.3) is 0 Å². The number of nitrogens with one attached hydrogen (secondary N) is 2. The predicted molar refractivity (Wildman–Crippen MR) is 97.8 cm³/mol. The monoisotopic (exact) mass is 328 g/mol. The van der Waals surface area contributed by atoms with E-state index in [1.54, 1.807) is 6.08 Å². The van der Waals surface area contributed by atoms with Crippen molar-refractivity contribution in [3.8, 4) is 0 Å². The summed E-state index contributed by atoms with van der Waals surface area (Å²) >= 11 is 0. The van der Waals surface area contributed by atoms with Crippen LogP contribution in [0.3, 0.4) is 0 Å². The van der Waals surface area contributed by atoms with Gasteiger partial charge in [0, 0.05) is 24.1 Å². The minimum atomic E-state index is -0.00207. The topological polar surface area (TPSA) is 58.2 Å². The zero-order chi connectivity index (χ0) is 17.5. The zero-order valence-corrected chi connectivity index (χ0v) is 14.7. The fourth-order valence-electron chi connectivity index (χ4n) is 3.36. The lowest BCUT2D eigenvalue weighted by Crippen LogP contribution is -2.35. The Morgan fingerprint density at radius 1 is 1.17 bits per heavy atom. The van der Waals surface area contributed by atoms with Gasteiger partial charge in [0.05, 0.1) is 0 Å². The molecule has 1 aromatic carbocycles. The molecule has 24 heavy (non-hydrogen) atoms. The van der Waals surface area contributed by atoms with Gasteiger partial charge in [0.1, 0.15) is 0 Å². The van der Waals surface area contributed by atoms with Crippen LogP contribution in [0.1, 0.15) is 43.7 Å². The molecule has 0 radical (unpaired) electrons.